The second-order valence-electron chi connectivity index (χ2n) is 6.05. The lowest BCUT2D eigenvalue weighted by Gasteiger charge is -2.40. The van der Waals surface area contributed by atoms with Gasteiger partial charge in [-0.2, -0.15) is 10.2 Å². The fraction of sp³-hybridized carbons (Fsp3) is 0.733. The molecule has 1 N–H and O–H groups in total. The summed E-state index contributed by atoms with van der Waals surface area (Å²) >= 11 is 0. The molecular weight excluding hydrogens is 236 g/mol. The fourth-order valence-electron chi connectivity index (χ4n) is 3.56. The van der Waals surface area contributed by atoms with Crippen LogP contribution in [0, 0.1) is 0 Å². The zero-order valence-electron chi connectivity index (χ0n) is 11.6. The number of aromatic nitrogens is 2. The molecule has 1 saturated heterocycles. The SMILES string of the molecule is c1cnnc(CN2CCCNC3(CCCCC3)C2)c1. The topological polar surface area (TPSA) is 41.1 Å². The highest BCUT2D eigenvalue weighted by atomic mass is 15.2. The highest BCUT2D eigenvalue weighted by Gasteiger charge is 2.34. The lowest BCUT2D eigenvalue weighted by atomic mass is 9.81. The third-order valence-corrected chi connectivity index (χ3v) is 4.50. The first-order chi connectivity index (χ1) is 9.36. The van der Waals surface area contributed by atoms with Crippen molar-refractivity contribution in [2.24, 2.45) is 0 Å². The molecule has 1 aliphatic carbocycles. The number of rotatable bonds is 2. The fourth-order valence-corrected chi connectivity index (χ4v) is 3.56. The van der Waals surface area contributed by atoms with E-state index in [2.05, 4.69) is 26.5 Å². The molecule has 0 aromatic carbocycles. The molecule has 3 rings (SSSR count). The van der Waals surface area contributed by atoms with Gasteiger partial charge >= 0.3 is 0 Å². The summed E-state index contributed by atoms with van der Waals surface area (Å²) in [7, 11) is 0. The monoisotopic (exact) mass is 260 g/mol. The van der Waals surface area contributed by atoms with E-state index in [9.17, 15) is 0 Å². The molecule has 0 radical (unpaired) electrons. The summed E-state index contributed by atoms with van der Waals surface area (Å²) in [5.74, 6) is 0. The molecule has 104 valence electrons. The maximum absolute atomic E-state index is 4.22. The molecule has 1 spiro atoms. The standard InChI is InChI=1S/C15H24N4/c1-2-7-15(8-3-1)13-19(11-5-9-16-15)12-14-6-4-10-17-18-14/h4,6,10,16H,1-3,5,7-9,11-13H2. The van der Waals surface area contributed by atoms with Gasteiger partial charge in [-0.1, -0.05) is 19.3 Å². The summed E-state index contributed by atoms with van der Waals surface area (Å²) in [4.78, 5) is 2.56. The quantitative estimate of drug-likeness (QED) is 0.883. The van der Waals surface area contributed by atoms with Gasteiger partial charge in [0.1, 0.15) is 0 Å². The van der Waals surface area contributed by atoms with Gasteiger partial charge in [0.15, 0.2) is 0 Å². The highest BCUT2D eigenvalue weighted by molar-refractivity contribution is 5.01. The third-order valence-electron chi connectivity index (χ3n) is 4.50. The minimum absolute atomic E-state index is 0.372. The Morgan fingerprint density at radius 1 is 1.21 bits per heavy atom. The van der Waals surface area contributed by atoms with Crippen LogP contribution < -0.4 is 5.32 Å². The first kappa shape index (κ1) is 13.0. The minimum atomic E-state index is 0.372. The summed E-state index contributed by atoms with van der Waals surface area (Å²) in [6, 6.07) is 4.06. The Morgan fingerprint density at radius 3 is 2.89 bits per heavy atom. The van der Waals surface area contributed by atoms with Crippen LogP contribution in [0.1, 0.15) is 44.2 Å². The van der Waals surface area contributed by atoms with Crippen molar-refractivity contribution in [3.63, 3.8) is 0 Å². The van der Waals surface area contributed by atoms with E-state index in [1.807, 2.05) is 6.07 Å². The maximum Gasteiger partial charge on any atom is 0.0771 e. The second kappa shape index (κ2) is 5.97. The normalized spacial score (nSPS) is 24.2. The van der Waals surface area contributed by atoms with E-state index in [1.165, 1.54) is 51.6 Å². The summed E-state index contributed by atoms with van der Waals surface area (Å²) in [5, 5.41) is 12.0. The van der Waals surface area contributed by atoms with E-state index < -0.39 is 0 Å². The highest BCUT2D eigenvalue weighted by Crippen LogP contribution is 2.30. The molecule has 1 aromatic heterocycles. The van der Waals surface area contributed by atoms with E-state index in [4.69, 9.17) is 0 Å². The van der Waals surface area contributed by atoms with Gasteiger partial charge in [0.2, 0.25) is 0 Å². The molecule has 2 aliphatic rings. The van der Waals surface area contributed by atoms with Gasteiger partial charge < -0.3 is 5.32 Å². The average Bonchev–Trinajstić information content (AvgIpc) is 2.63. The summed E-state index contributed by atoms with van der Waals surface area (Å²) in [6.07, 6.45) is 9.83. The first-order valence-electron chi connectivity index (χ1n) is 7.60. The molecule has 0 atom stereocenters. The molecule has 2 heterocycles. The van der Waals surface area contributed by atoms with Gasteiger partial charge in [0, 0.05) is 24.8 Å². The largest absolute Gasteiger partial charge is 0.310 e. The van der Waals surface area contributed by atoms with Crippen LogP contribution in [0.3, 0.4) is 0 Å². The Bertz CT molecular complexity index is 386. The Kier molecular flexibility index (Phi) is 4.09. The molecule has 4 heteroatoms. The molecule has 1 aliphatic heterocycles. The second-order valence-corrected chi connectivity index (χ2v) is 6.05. The molecule has 4 nitrogen and oxygen atoms in total. The summed E-state index contributed by atoms with van der Waals surface area (Å²) in [6.45, 7) is 4.45. The predicted octanol–water partition coefficient (Wildman–Crippen LogP) is 1.97. The molecular formula is C15H24N4. The van der Waals surface area contributed by atoms with Crippen LogP contribution in [0.4, 0.5) is 0 Å². The number of hydrogen-bond donors (Lipinski definition) is 1. The van der Waals surface area contributed by atoms with Crippen molar-refractivity contribution in [3.8, 4) is 0 Å². The average molecular weight is 260 g/mol. The van der Waals surface area contributed by atoms with E-state index in [0.717, 1.165) is 18.8 Å². The van der Waals surface area contributed by atoms with Crippen molar-refractivity contribution < 1.29 is 0 Å². The van der Waals surface area contributed by atoms with Crippen LogP contribution in [0.15, 0.2) is 18.3 Å². The van der Waals surface area contributed by atoms with E-state index >= 15 is 0 Å². The Labute approximate surface area is 115 Å². The molecule has 19 heavy (non-hydrogen) atoms. The molecule has 0 amide bonds. The van der Waals surface area contributed by atoms with Crippen molar-refractivity contribution in [2.75, 3.05) is 19.6 Å². The van der Waals surface area contributed by atoms with Crippen LogP contribution in [0.5, 0.6) is 0 Å². The Morgan fingerprint density at radius 2 is 2.11 bits per heavy atom. The summed E-state index contributed by atoms with van der Waals surface area (Å²) in [5.41, 5.74) is 1.46. The van der Waals surface area contributed by atoms with Crippen LogP contribution in [-0.2, 0) is 6.54 Å². The molecule has 1 saturated carbocycles. The molecule has 1 aromatic rings. The van der Waals surface area contributed by atoms with Crippen LogP contribution in [0.2, 0.25) is 0 Å². The predicted molar refractivity (Wildman–Crippen MR) is 75.7 cm³/mol. The van der Waals surface area contributed by atoms with Gasteiger partial charge in [0.25, 0.3) is 0 Å². The Hall–Kier alpha value is -1.00. The van der Waals surface area contributed by atoms with Gasteiger partial charge in [-0.15, -0.1) is 0 Å². The third kappa shape index (κ3) is 3.31. The zero-order chi connectivity index (χ0) is 13.0. The Balaban J connectivity index is 1.67. The molecule has 0 unspecified atom stereocenters. The van der Waals surface area contributed by atoms with Crippen molar-refractivity contribution in [1.29, 1.82) is 0 Å². The maximum atomic E-state index is 4.22. The zero-order valence-corrected chi connectivity index (χ0v) is 11.6. The van der Waals surface area contributed by atoms with E-state index in [1.54, 1.807) is 6.20 Å². The number of hydrogen-bond acceptors (Lipinski definition) is 4. The van der Waals surface area contributed by atoms with Crippen LogP contribution in [-0.4, -0.2) is 40.3 Å². The molecule has 2 fully saturated rings. The number of nitrogens with zero attached hydrogens (tertiary/aromatic N) is 3. The minimum Gasteiger partial charge on any atom is -0.310 e. The van der Waals surface area contributed by atoms with Gasteiger partial charge in [-0.25, -0.2) is 0 Å². The van der Waals surface area contributed by atoms with Crippen LogP contribution >= 0.6 is 0 Å². The number of nitrogens with one attached hydrogen (secondary N) is 1. The van der Waals surface area contributed by atoms with Crippen molar-refractivity contribution in [1.82, 2.24) is 20.4 Å². The van der Waals surface area contributed by atoms with Crippen LogP contribution in [0.25, 0.3) is 0 Å². The lowest BCUT2D eigenvalue weighted by Crippen LogP contribution is -2.52. The van der Waals surface area contributed by atoms with E-state index in [0.29, 0.717) is 5.54 Å². The van der Waals surface area contributed by atoms with Gasteiger partial charge in [0.05, 0.1) is 5.69 Å². The van der Waals surface area contributed by atoms with Crippen molar-refractivity contribution >= 4 is 0 Å². The van der Waals surface area contributed by atoms with Gasteiger partial charge in [-0.05, 0) is 44.5 Å². The van der Waals surface area contributed by atoms with Gasteiger partial charge in [-0.3, -0.25) is 4.90 Å². The van der Waals surface area contributed by atoms with Crippen molar-refractivity contribution in [2.45, 2.75) is 50.6 Å². The summed E-state index contributed by atoms with van der Waals surface area (Å²) < 4.78 is 0. The lowest BCUT2D eigenvalue weighted by molar-refractivity contribution is 0.158. The molecule has 0 bridgehead atoms. The first-order valence-corrected chi connectivity index (χ1v) is 7.60. The van der Waals surface area contributed by atoms with Crippen molar-refractivity contribution in [3.05, 3.63) is 24.0 Å². The smallest absolute Gasteiger partial charge is 0.0771 e. The van der Waals surface area contributed by atoms with E-state index in [-0.39, 0.29) is 0 Å².